The fourth-order valence-electron chi connectivity index (χ4n) is 0.994. The van der Waals surface area contributed by atoms with Gasteiger partial charge >= 0.3 is 0 Å². The summed E-state index contributed by atoms with van der Waals surface area (Å²) in [6, 6.07) is -0.517. The van der Waals surface area contributed by atoms with E-state index >= 15 is 0 Å². The van der Waals surface area contributed by atoms with Gasteiger partial charge in [-0.25, -0.2) is 0 Å². The van der Waals surface area contributed by atoms with E-state index in [4.69, 9.17) is 10.5 Å². The summed E-state index contributed by atoms with van der Waals surface area (Å²) < 4.78 is 15.5. The molecule has 0 rings (SSSR count). The third kappa shape index (κ3) is 8.53. The molecule has 0 aromatic carbocycles. The summed E-state index contributed by atoms with van der Waals surface area (Å²) >= 11 is 0. The fraction of sp³-hybridized carbons (Fsp3) is 0.889. The van der Waals surface area contributed by atoms with E-state index in [0.29, 0.717) is 31.7 Å². The highest BCUT2D eigenvalue weighted by molar-refractivity contribution is 7.84. The molecule has 0 aromatic rings. The Morgan fingerprint density at radius 1 is 1.60 bits per heavy atom. The molecular formula is C9H20N2O3S. The maximum atomic E-state index is 11.3. The second-order valence-corrected chi connectivity index (χ2v) is 4.86. The van der Waals surface area contributed by atoms with Crippen molar-refractivity contribution in [2.75, 3.05) is 32.3 Å². The van der Waals surface area contributed by atoms with Gasteiger partial charge in [-0.15, -0.1) is 0 Å². The van der Waals surface area contributed by atoms with Gasteiger partial charge in [-0.2, -0.15) is 0 Å². The molecule has 0 saturated carbocycles. The Labute approximate surface area is 93.2 Å². The van der Waals surface area contributed by atoms with Crippen molar-refractivity contribution in [2.45, 2.75) is 18.9 Å². The highest BCUT2D eigenvalue weighted by Gasteiger charge is 2.11. The Morgan fingerprint density at radius 2 is 2.27 bits per heavy atom. The molecule has 0 spiro atoms. The van der Waals surface area contributed by atoms with Crippen LogP contribution in [0.25, 0.3) is 0 Å². The van der Waals surface area contributed by atoms with E-state index in [-0.39, 0.29) is 5.91 Å². The van der Waals surface area contributed by atoms with E-state index in [9.17, 15) is 9.00 Å². The van der Waals surface area contributed by atoms with Crippen LogP contribution in [0.1, 0.15) is 12.8 Å². The Hall–Kier alpha value is -0.460. The molecule has 0 aromatic heterocycles. The number of hydrogen-bond acceptors (Lipinski definition) is 4. The summed E-state index contributed by atoms with van der Waals surface area (Å²) in [5.74, 6) is 0.432. The highest BCUT2D eigenvalue weighted by atomic mass is 32.2. The van der Waals surface area contributed by atoms with Gasteiger partial charge in [0.1, 0.15) is 0 Å². The van der Waals surface area contributed by atoms with E-state index in [0.717, 1.165) is 0 Å². The first kappa shape index (κ1) is 14.5. The lowest BCUT2D eigenvalue weighted by molar-refractivity contribution is -0.122. The molecule has 0 aliphatic rings. The van der Waals surface area contributed by atoms with Gasteiger partial charge < -0.3 is 15.8 Å². The van der Waals surface area contributed by atoms with Gasteiger partial charge in [-0.1, -0.05) is 0 Å². The smallest absolute Gasteiger partial charge is 0.237 e. The summed E-state index contributed by atoms with van der Waals surface area (Å²) in [4.78, 5) is 11.3. The number of amides is 1. The number of carbonyl (C=O) groups excluding carboxylic acids is 1. The summed E-state index contributed by atoms with van der Waals surface area (Å²) in [7, 11) is 0.772. The molecule has 0 heterocycles. The van der Waals surface area contributed by atoms with Crippen LogP contribution in [0.5, 0.6) is 0 Å². The van der Waals surface area contributed by atoms with Crippen molar-refractivity contribution >= 4 is 16.7 Å². The van der Waals surface area contributed by atoms with Crippen molar-refractivity contribution in [1.29, 1.82) is 0 Å². The Bertz CT molecular complexity index is 212. The largest absolute Gasteiger partial charge is 0.385 e. The molecule has 0 radical (unpaired) electrons. The molecule has 0 saturated heterocycles. The Kier molecular flexibility index (Phi) is 8.55. The maximum absolute atomic E-state index is 11.3. The van der Waals surface area contributed by atoms with Crippen LogP contribution in [0, 0.1) is 0 Å². The van der Waals surface area contributed by atoms with Gasteiger partial charge in [0.25, 0.3) is 0 Å². The third-order valence-electron chi connectivity index (χ3n) is 1.88. The Morgan fingerprint density at radius 3 is 2.80 bits per heavy atom. The zero-order valence-electron chi connectivity index (χ0n) is 9.32. The monoisotopic (exact) mass is 236 g/mol. The standard InChI is InChI=1S/C9H20N2O3S/c1-14-6-4-8(10)9(12)11-5-3-7-15(2)13/h8H,3-7,10H2,1-2H3,(H,11,12). The van der Waals surface area contributed by atoms with Crippen LogP contribution < -0.4 is 11.1 Å². The fourth-order valence-corrected chi connectivity index (χ4v) is 1.54. The molecule has 1 amide bonds. The summed E-state index contributed by atoms with van der Waals surface area (Å²) in [5, 5.41) is 2.69. The SMILES string of the molecule is COCCC(N)C(=O)NCCCS(C)=O. The molecule has 2 atom stereocenters. The van der Waals surface area contributed by atoms with Gasteiger partial charge in [-0.05, 0) is 12.8 Å². The first-order valence-corrected chi connectivity index (χ1v) is 6.63. The van der Waals surface area contributed by atoms with Crippen molar-refractivity contribution in [1.82, 2.24) is 5.32 Å². The summed E-state index contributed by atoms with van der Waals surface area (Å²) in [5.41, 5.74) is 5.59. The zero-order valence-corrected chi connectivity index (χ0v) is 10.1. The van der Waals surface area contributed by atoms with Crippen LogP contribution in [0.4, 0.5) is 0 Å². The lowest BCUT2D eigenvalue weighted by atomic mass is 10.2. The predicted octanol–water partition coefficient (Wildman–Crippen LogP) is -0.765. The lowest BCUT2D eigenvalue weighted by Crippen LogP contribution is -2.41. The average Bonchev–Trinajstić information content (AvgIpc) is 2.20. The normalized spacial score (nSPS) is 14.6. The van der Waals surface area contributed by atoms with Crippen molar-refractivity contribution in [3.63, 3.8) is 0 Å². The minimum absolute atomic E-state index is 0.172. The number of carbonyl (C=O) groups is 1. The molecule has 2 unspecified atom stereocenters. The lowest BCUT2D eigenvalue weighted by Gasteiger charge is -2.11. The number of methoxy groups -OCH3 is 1. The van der Waals surface area contributed by atoms with E-state index in [1.165, 1.54) is 0 Å². The predicted molar refractivity (Wildman–Crippen MR) is 61.0 cm³/mol. The molecule has 5 nitrogen and oxygen atoms in total. The topological polar surface area (TPSA) is 81.4 Å². The molecule has 0 bridgehead atoms. The van der Waals surface area contributed by atoms with E-state index in [1.54, 1.807) is 13.4 Å². The van der Waals surface area contributed by atoms with E-state index in [1.807, 2.05) is 0 Å². The van der Waals surface area contributed by atoms with Crippen LogP contribution in [0.15, 0.2) is 0 Å². The van der Waals surface area contributed by atoms with Crippen molar-refractivity contribution in [3.05, 3.63) is 0 Å². The van der Waals surface area contributed by atoms with Crippen LogP contribution in [-0.4, -0.2) is 48.4 Å². The van der Waals surface area contributed by atoms with Crippen molar-refractivity contribution < 1.29 is 13.7 Å². The summed E-state index contributed by atoms with van der Waals surface area (Å²) in [6.45, 7) is 1.01. The molecule has 0 fully saturated rings. The van der Waals surface area contributed by atoms with Crippen LogP contribution >= 0.6 is 0 Å². The maximum Gasteiger partial charge on any atom is 0.237 e. The van der Waals surface area contributed by atoms with Crippen molar-refractivity contribution in [2.24, 2.45) is 5.73 Å². The van der Waals surface area contributed by atoms with E-state index < -0.39 is 16.8 Å². The van der Waals surface area contributed by atoms with Gasteiger partial charge in [-0.3, -0.25) is 9.00 Å². The number of rotatable bonds is 8. The molecule has 15 heavy (non-hydrogen) atoms. The Balaban J connectivity index is 3.51. The van der Waals surface area contributed by atoms with Crippen LogP contribution in [0.2, 0.25) is 0 Å². The highest BCUT2D eigenvalue weighted by Crippen LogP contribution is 1.89. The summed E-state index contributed by atoms with van der Waals surface area (Å²) in [6.07, 6.45) is 2.88. The van der Waals surface area contributed by atoms with Gasteiger partial charge in [0, 0.05) is 43.1 Å². The number of hydrogen-bond donors (Lipinski definition) is 2. The van der Waals surface area contributed by atoms with Gasteiger partial charge in [0.15, 0.2) is 0 Å². The van der Waals surface area contributed by atoms with Gasteiger partial charge in [0.2, 0.25) is 5.91 Å². The zero-order chi connectivity index (χ0) is 11.7. The number of nitrogens with two attached hydrogens (primary N) is 1. The van der Waals surface area contributed by atoms with E-state index in [2.05, 4.69) is 5.32 Å². The second kappa shape index (κ2) is 8.82. The molecule has 90 valence electrons. The average molecular weight is 236 g/mol. The molecular weight excluding hydrogens is 216 g/mol. The molecule has 3 N–H and O–H groups in total. The van der Waals surface area contributed by atoms with Gasteiger partial charge in [0.05, 0.1) is 6.04 Å². The first-order chi connectivity index (χ1) is 7.07. The third-order valence-corrected chi connectivity index (χ3v) is 2.74. The minimum Gasteiger partial charge on any atom is -0.385 e. The second-order valence-electron chi connectivity index (χ2n) is 3.31. The quantitative estimate of drug-likeness (QED) is 0.543. The van der Waals surface area contributed by atoms with Crippen LogP contribution in [0.3, 0.4) is 0 Å². The van der Waals surface area contributed by atoms with Crippen molar-refractivity contribution in [3.8, 4) is 0 Å². The molecule has 0 aliphatic heterocycles. The number of ether oxygens (including phenoxy) is 1. The minimum atomic E-state index is -0.798. The first-order valence-electron chi connectivity index (χ1n) is 4.90. The molecule has 0 aliphatic carbocycles. The molecule has 6 heteroatoms. The number of nitrogens with one attached hydrogen (secondary N) is 1. The van der Waals surface area contributed by atoms with Crippen LogP contribution in [-0.2, 0) is 20.3 Å².